The number of hydrogen-bond donors (Lipinski definition) is 1. The van der Waals surface area contributed by atoms with Crippen LogP contribution in [0.1, 0.15) is 25.3 Å². The first-order valence-electron chi connectivity index (χ1n) is 4.46. The zero-order chi connectivity index (χ0) is 10.6. The Kier molecular flexibility index (Phi) is 3.51. The molecule has 1 N–H and O–H groups in total. The number of carboxylic acid groups (broad SMARTS) is 1. The zero-order valence-corrected chi connectivity index (χ0v) is 8.28. The lowest BCUT2D eigenvalue weighted by Crippen LogP contribution is -2.09. The fourth-order valence-corrected chi connectivity index (χ4v) is 1.01. The molecule has 0 aliphatic carbocycles. The molecule has 3 nitrogen and oxygen atoms in total. The van der Waals surface area contributed by atoms with E-state index in [2.05, 4.69) is 19.9 Å². The fourth-order valence-electron chi connectivity index (χ4n) is 1.01. The lowest BCUT2D eigenvalue weighted by molar-refractivity contribution is -0.139. The summed E-state index contributed by atoms with van der Waals surface area (Å²) in [5.74, 6) is -0.0668. The summed E-state index contributed by atoms with van der Waals surface area (Å²) in [5.41, 5.74) is 1.16. The predicted octanol–water partition coefficient (Wildman–Crippen LogP) is 2.07. The first kappa shape index (κ1) is 10.6. The van der Waals surface area contributed by atoms with Gasteiger partial charge in [-0.25, -0.2) is 4.79 Å². The highest BCUT2D eigenvalue weighted by molar-refractivity contribution is 5.68. The van der Waals surface area contributed by atoms with Crippen molar-refractivity contribution < 1.29 is 14.6 Å². The van der Waals surface area contributed by atoms with Crippen molar-refractivity contribution in [1.82, 2.24) is 0 Å². The van der Waals surface area contributed by atoms with Crippen molar-refractivity contribution in [1.29, 1.82) is 0 Å². The van der Waals surface area contributed by atoms with Gasteiger partial charge < -0.3 is 9.84 Å². The van der Waals surface area contributed by atoms with Crippen LogP contribution in [0.15, 0.2) is 18.2 Å². The third kappa shape index (κ3) is 3.09. The summed E-state index contributed by atoms with van der Waals surface area (Å²) in [6.07, 6.45) is 0. The lowest BCUT2D eigenvalue weighted by atomic mass is 10.0. The first-order valence-corrected chi connectivity index (χ1v) is 4.46. The second-order valence-electron chi connectivity index (χ2n) is 3.32. The maximum Gasteiger partial charge on any atom is 0.341 e. The Labute approximate surface area is 83.3 Å². The molecule has 1 radical (unpaired) electrons. The average Bonchev–Trinajstić information content (AvgIpc) is 2.15. The number of aliphatic carboxylic acids is 1. The second-order valence-corrected chi connectivity index (χ2v) is 3.32. The molecule has 0 atom stereocenters. The van der Waals surface area contributed by atoms with E-state index in [4.69, 9.17) is 9.84 Å². The van der Waals surface area contributed by atoms with Crippen LogP contribution in [0.25, 0.3) is 0 Å². The molecule has 0 amide bonds. The Hall–Kier alpha value is -1.51. The summed E-state index contributed by atoms with van der Waals surface area (Å²) in [6.45, 7) is 3.85. The van der Waals surface area contributed by atoms with Crippen molar-refractivity contribution in [2.24, 2.45) is 0 Å². The van der Waals surface area contributed by atoms with Crippen LogP contribution in [0.2, 0.25) is 0 Å². The molecule has 0 aromatic heterocycles. The second kappa shape index (κ2) is 4.65. The van der Waals surface area contributed by atoms with Gasteiger partial charge in [-0.2, -0.15) is 0 Å². The summed E-state index contributed by atoms with van der Waals surface area (Å²) < 4.78 is 4.95. The monoisotopic (exact) mass is 193 g/mol. The van der Waals surface area contributed by atoms with Crippen LogP contribution >= 0.6 is 0 Å². The minimum atomic E-state index is -0.980. The maximum absolute atomic E-state index is 10.2. The van der Waals surface area contributed by atoms with Crippen LogP contribution in [0.3, 0.4) is 0 Å². The van der Waals surface area contributed by atoms with Crippen LogP contribution in [0.4, 0.5) is 0 Å². The fraction of sp³-hybridized carbons (Fsp3) is 0.364. The van der Waals surface area contributed by atoms with Gasteiger partial charge in [0.25, 0.3) is 0 Å². The molecule has 0 heterocycles. The van der Waals surface area contributed by atoms with E-state index in [1.54, 1.807) is 6.07 Å². The number of hydrogen-bond acceptors (Lipinski definition) is 2. The molecule has 0 aliphatic heterocycles. The Bertz CT molecular complexity index is 301. The quantitative estimate of drug-likeness (QED) is 0.796. The summed E-state index contributed by atoms with van der Waals surface area (Å²) in [5, 5.41) is 8.38. The Morgan fingerprint density at radius 3 is 2.71 bits per heavy atom. The molecule has 75 valence electrons. The van der Waals surface area contributed by atoms with Gasteiger partial charge in [0.2, 0.25) is 0 Å². The average molecular weight is 193 g/mol. The zero-order valence-electron chi connectivity index (χ0n) is 8.28. The van der Waals surface area contributed by atoms with Crippen molar-refractivity contribution in [3.05, 3.63) is 29.8 Å². The van der Waals surface area contributed by atoms with Gasteiger partial charge in [-0.15, -0.1) is 0 Å². The molecule has 14 heavy (non-hydrogen) atoms. The van der Waals surface area contributed by atoms with Gasteiger partial charge in [0.1, 0.15) is 5.75 Å². The molecule has 1 aromatic carbocycles. The van der Waals surface area contributed by atoms with Crippen LogP contribution < -0.4 is 4.74 Å². The van der Waals surface area contributed by atoms with E-state index in [-0.39, 0.29) is 6.61 Å². The molecule has 0 unspecified atom stereocenters. The molecule has 0 fully saturated rings. The number of benzene rings is 1. The van der Waals surface area contributed by atoms with Gasteiger partial charge in [-0.3, -0.25) is 0 Å². The Morgan fingerprint density at radius 2 is 2.29 bits per heavy atom. The minimum absolute atomic E-state index is 0.322. The van der Waals surface area contributed by atoms with Crippen molar-refractivity contribution in [3.63, 3.8) is 0 Å². The van der Waals surface area contributed by atoms with E-state index < -0.39 is 5.97 Å². The van der Waals surface area contributed by atoms with Gasteiger partial charge in [-0.1, -0.05) is 19.9 Å². The predicted molar refractivity (Wildman–Crippen MR) is 52.5 cm³/mol. The van der Waals surface area contributed by atoms with E-state index in [0.29, 0.717) is 11.7 Å². The Morgan fingerprint density at radius 1 is 1.57 bits per heavy atom. The van der Waals surface area contributed by atoms with Crippen LogP contribution in [0, 0.1) is 6.07 Å². The summed E-state index contributed by atoms with van der Waals surface area (Å²) in [6, 6.07) is 8.36. The largest absolute Gasteiger partial charge is 0.481 e. The molecule has 3 heteroatoms. The molecule has 1 aromatic rings. The van der Waals surface area contributed by atoms with E-state index in [9.17, 15) is 4.79 Å². The highest BCUT2D eigenvalue weighted by atomic mass is 16.5. The molecule has 0 bridgehead atoms. The smallest absolute Gasteiger partial charge is 0.341 e. The SMILES string of the molecule is CC(C)c1c[c]c(OCC(=O)O)cc1. The number of rotatable bonds is 4. The van der Waals surface area contributed by atoms with E-state index in [1.165, 1.54) is 0 Å². The summed E-state index contributed by atoms with van der Waals surface area (Å²) in [7, 11) is 0. The van der Waals surface area contributed by atoms with Crippen molar-refractivity contribution in [3.8, 4) is 5.75 Å². The molecular weight excluding hydrogens is 180 g/mol. The highest BCUT2D eigenvalue weighted by Crippen LogP contribution is 2.17. The van der Waals surface area contributed by atoms with Crippen LogP contribution in [-0.2, 0) is 4.79 Å². The maximum atomic E-state index is 10.2. The van der Waals surface area contributed by atoms with Crippen LogP contribution in [0.5, 0.6) is 5.75 Å². The molecular formula is C11H13O3. The van der Waals surface area contributed by atoms with Gasteiger partial charge in [0, 0.05) is 6.07 Å². The molecule has 0 saturated carbocycles. The highest BCUT2D eigenvalue weighted by Gasteiger charge is 2.01. The van der Waals surface area contributed by atoms with Gasteiger partial charge in [-0.05, 0) is 23.6 Å². The number of carboxylic acids is 1. The normalized spacial score (nSPS) is 10.2. The minimum Gasteiger partial charge on any atom is -0.481 e. The molecule has 1 rings (SSSR count). The standard InChI is InChI=1S/C11H13O3/c1-8(2)9-3-5-10(6-4-9)14-7-11(12)13/h3-5,8H,7H2,1-2H3,(H,12,13). The first-order chi connectivity index (χ1) is 6.59. The van der Waals surface area contributed by atoms with Gasteiger partial charge in [0.05, 0.1) is 0 Å². The topological polar surface area (TPSA) is 46.5 Å². The number of carbonyl (C=O) groups is 1. The van der Waals surface area contributed by atoms with E-state index in [0.717, 1.165) is 5.56 Å². The lowest BCUT2D eigenvalue weighted by Gasteiger charge is -2.06. The van der Waals surface area contributed by atoms with Gasteiger partial charge >= 0.3 is 5.97 Å². The summed E-state index contributed by atoms with van der Waals surface area (Å²) in [4.78, 5) is 10.2. The molecule has 0 aliphatic rings. The third-order valence-corrected chi connectivity index (χ3v) is 1.83. The van der Waals surface area contributed by atoms with Gasteiger partial charge in [0.15, 0.2) is 6.61 Å². The van der Waals surface area contributed by atoms with Crippen molar-refractivity contribution >= 4 is 5.97 Å². The molecule has 0 spiro atoms. The van der Waals surface area contributed by atoms with Crippen LogP contribution in [-0.4, -0.2) is 17.7 Å². The van der Waals surface area contributed by atoms with Crippen molar-refractivity contribution in [2.75, 3.05) is 6.61 Å². The van der Waals surface area contributed by atoms with E-state index in [1.807, 2.05) is 12.1 Å². The van der Waals surface area contributed by atoms with E-state index >= 15 is 0 Å². The summed E-state index contributed by atoms with van der Waals surface area (Å²) >= 11 is 0. The molecule has 0 saturated heterocycles. The Balaban J connectivity index is 2.59. The van der Waals surface area contributed by atoms with Crippen molar-refractivity contribution in [2.45, 2.75) is 19.8 Å². The third-order valence-electron chi connectivity index (χ3n) is 1.83. The number of ether oxygens (including phenoxy) is 1.